The van der Waals surface area contributed by atoms with Crippen LogP contribution in [0, 0.1) is 5.92 Å². The average molecular weight is 485 g/mol. The number of anilines is 3. The van der Waals surface area contributed by atoms with E-state index in [4.69, 9.17) is 16.3 Å². The topological polar surface area (TPSA) is 74.8 Å². The second-order valence-corrected chi connectivity index (χ2v) is 7.99. The van der Waals surface area contributed by atoms with Crippen molar-refractivity contribution in [2.24, 2.45) is 5.92 Å². The lowest BCUT2D eigenvalue weighted by Crippen LogP contribution is -2.38. The number of nitrogens with zero attached hydrogens (tertiary/aromatic N) is 3. The lowest BCUT2D eigenvalue weighted by molar-refractivity contribution is -0.137. The highest BCUT2D eigenvalue weighted by molar-refractivity contribution is 6.33. The molecule has 1 aliphatic rings. The highest BCUT2D eigenvalue weighted by Gasteiger charge is 2.33. The first-order chi connectivity index (χ1) is 15.6. The van der Waals surface area contributed by atoms with Gasteiger partial charge in [0, 0.05) is 43.6 Å². The summed E-state index contributed by atoms with van der Waals surface area (Å²) < 4.78 is 43.4. The van der Waals surface area contributed by atoms with Gasteiger partial charge in [0.15, 0.2) is 0 Å². The SMILES string of the molecule is CCOC(=O)N(C)c1ccc(NC(=O)C2CCN(c3ncc(C(F)(F)F)cc3Cl)CC2)cc1. The van der Waals surface area contributed by atoms with Crippen molar-refractivity contribution in [1.82, 2.24) is 4.98 Å². The predicted molar refractivity (Wildman–Crippen MR) is 120 cm³/mol. The molecule has 11 heteroatoms. The molecule has 1 saturated heterocycles. The van der Waals surface area contributed by atoms with Crippen molar-refractivity contribution in [2.75, 3.05) is 41.9 Å². The van der Waals surface area contributed by atoms with Gasteiger partial charge in [-0.25, -0.2) is 9.78 Å². The van der Waals surface area contributed by atoms with Gasteiger partial charge in [0.05, 0.1) is 17.2 Å². The van der Waals surface area contributed by atoms with Crippen LogP contribution in [0.2, 0.25) is 5.02 Å². The van der Waals surface area contributed by atoms with Crippen molar-refractivity contribution in [3.8, 4) is 0 Å². The quantitative estimate of drug-likeness (QED) is 0.631. The number of rotatable bonds is 5. The molecule has 0 saturated carbocycles. The molecule has 2 heterocycles. The molecule has 1 N–H and O–H groups in total. The lowest BCUT2D eigenvalue weighted by atomic mass is 9.95. The maximum atomic E-state index is 12.8. The maximum Gasteiger partial charge on any atom is 0.417 e. The molecule has 178 valence electrons. The Labute approximate surface area is 194 Å². The normalized spacial score (nSPS) is 14.7. The number of benzene rings is 1. The first-order valence-electron chi connectivity index (χ1n) is 10.4. The van der Waals surface area contributed by atoms with E-state index in [1.54, 1.807) is 43.1 Å². The summed E-state index contributed by atoms with van der Waals surface area (Å²) in [6.45, 7) is 2.89. The molecule has 0 unspecified atom stereocenters. The molecule has 0 aliphatic carbocycles. The van der Waals surface area contributed by atoms with Crippen LogP contribution < -0.4 is 15.1 Å². The molecule has 0 atom stereocenters. The summed E-state index contributed by atoms with van der Waals surface area (Å²) in [4.78, 5) is 31.5. The maximum absolute atomic E-state index is 12.8. The van der Waals surface area contributed by atoms with E-state index < -0.39 is 17.8 Å². The number of carbonyl (C=O) groups is 2. The fraction of sp³-hybridized carbons (Fsp3) is 0.409. The smallest absolute Gasteiger partial charge is 0.417 e. The number of halogens is 4. The van der Waals surface area contributed by atoms with Gasteiger partial charge in [-0.2, -0.15) is 13.2 Å². The van der Waals surface area contributed by atoms with Gasteiger partial charge in [-0.3, -0.25) is 9.69 Å². The van der Waals surface area contributed by atoms with E-state index in [1.165, 1.54) is 4.90 Å². The number of amides is 2. The first-order valence-corrected chi connectivity index (χ1v) is 10.8. The summed E-state index contributed by atoms with van der Waals surface area (Å²) in [7, 11) is 1.59. The average Bonchev–Trinajstić information content (AvgIpc) is 2.78. The second kappa shape index (κ2) is 10.3. The summed E-state index contributed by atoms with van der Waals surface area (Å²) in [5.41, 5.74) is 0.321. The van der Waals surface area contributed by atoms with Crippen LogP contribution in [0.1, 0.15) is 25.3 Å². The molecule has 0 radical (unpaired) electrons. The van der Waals surface area contributed by atoms with Crippen LogP contribution in [-0.2, 0) is 15.7 Å². The van der Waals surface area contributed by atoms with Crippen LogP contribution in [0.25, 0.3) is 0 Å². The van der Waals surface area contributed by atoms with E-state index in [-0.39, 0.29) is 29.3 Å². The van der Waals surface area contributed by atoms with Crippen LogP contribution in [-0.4, -0.2) is 43.7 Å². The van der Waals surface area contributed by atoms with Crippen LogP contribution in [0.15, 0.2) is 36.5 Å². The number of hydrogen-bond acceptors (Lipinski definition) is 5. The third-order valence-electron chi connectivity index (χ3n) is 5.38. The van der Waals surface area contributed by atoms with E-state index in [9.17, 15) is 22.8 Å². The van der Waals surface area contributed by atoms with Crippen molar-refractivity contribution in [2.45, 2.75) is 25.9 Å². The Balaban J connectivity index is 1.55. The van der Waals surface area contributed by atoms with Gasteiger partial charge in [-0.05, 0) is 50.1 Å². The lowest BCUT2D eigenvalue weighted by Gasteiger charge is -2.32. The van der Waals surface area contributed by atoms with Crippen molar-refractivity contribution in [3.05, 3.63) is 47.1 Å². The summed E-state index contributed by atoms with van der Waals surface area (Å²) in [6, 6.07) is 7.67. The first kappa shape index (κ1) is 24.6. The van der Waals surface area contributed by atoms with Gasteiger partial charge in [0.25, 0.3) is 0 Å². The van der Waals surface area contributed by atoms with Gasteiger partial charge < -0.3 is 15.0 Å². The molecule has 1 fully saturated rings. The number of pyridine rings is 1. The van der Waals surface area contributed by atoms with Gasteiger partial charge >= 0.3 is 12.3 Å². The number of alkyl halides is 3. The number of nitrogens with one attached hydrogen (secondary N) is 1. The fourth-order valence-corrected chi connectivity index (χ4v) is 3.80. The third-order valence-corrected chi connectivity index (χ3v) is 5.66. The Morgan fingerprint density at radius 2 is 1.88 bits per heavy atom. The number of hydrogen-bond donors (Lipinski definition) is 1. The number of carbonyl (C=O) groups excluding carboxylic acids is 2. The van der Waals surface area contributed by atoms with E-state index in [1.807, 2.05) is 0 Å². The van der Waals surface area contributed by atoms with Gasteiger partial charge in [-0.1, -0.05) is 11.6 Å². The minimum atomic E-state index is -4.51. The van der Waals surface area contributed by atoms with Crippen LogP contribution in [0.3, 0.4) is 0 Å². The van der Waals surface area contributed by atoms with Gasteiger partial charge in [-0.15, -0.1) is 0 Å². The number of aromatic nitrogens is 1. The van der Waals surface area contributed by atoms with Crippen LogP contribution >= 0.6 is 11.6 Å². The van der Waals surface area contributed by atoms with Crippen molar-refractivity contribution in [3.63, 3.8) is 0 Å². The van der Waals surface area contributed by atoms with Gasteiger partial charge in [0.2, 0.25) is 5.91 Å². The molecular formula is C22H24ClF3N4O3. The molecule has 7 nitrogen and oxygen atoms in total. The second-order valence-electron chi connectivity index (χ2n) is 7.58. The van der Waals surface area contributed by atoms with E-state index in [2.05, 4.69) is 10.3 Å². The monoisotopic (exact) mass is 484 g/mol. The molecule has 2 aromatic rings. The molecule has 1 aromatic carbocycles. The van der Waals surface area contributed by atoms with E-state index in [0.717, 1.165) is 12.3 Å². The zero-order chi connectivity index (χ0) is 24.2. The Morgan fingerprint density at radius 3 is 2.42 bits per heavy atom. The van der Waals surface area contributed by atoms with Crippen molar-refractivity contribution >= 4 is 40.8 Å². The third kappa shape index (κ3) is 6.07. The molecular weight excluding hydrogens is 461 g/mol. The summed E-state index contributed by atoms with van der Waals surface area (Å²) in [6.07, 6.45) is -3.19. The molecule has 1 aliphatic heterocycles. The minimum absolute atomic E-state index is 0.0689. The zero-order valence-electron chi connectivity index (χ0n) is 18.2. The molecule has 0 spiro atoms. The Kier molecular flexibility index (Phi) is 7.68. The molecule has 3 rings (SSSR count). The Morgan fingerprint density at radius 1 is 1.24 bits per heavy atom. The van der Waals surface area contributed by atoms with Crippen molar-refractivity contribution < 1.29 is 27.5 Å². The minimum Gasteiger partial charge on any atom is -0.449 e. The largest absolute Gasteiger partial charge is 0.449 e. The number of piperidine rings is 1. The number of ether oxygens (including phenoxy) is 1. The molecule has 2 amide bonds. The Bertz CT molecular complexity index is 993. The van der Waals surface area contributed by atoms with Crippen LogP contribution in [0.4, 0.5) is 35.2 Å². The van der Waals surface area contributed by atoms with Crippen molar-refractivity contribution in [1.29, 1.82) is 0 Å². The molecule has 0 bridgehead atoms. The highest BCUT2D eigenvalue weighted by atomic mass is 35.5. The van der Waals surface area contributed by atoms with Gasteiger partial charge in [0.1, 0.15) is 5.82 Å². The van der Waals surface area contributed by atoms with E-state index >= 15 is 0 Å². The fourth-order valence-electron chi connectivity index (χ4n) is 3.51. The molecule has 33 heavy (non-hydrogen) atoms. The van der Waals surface area contributed by atoms with E-state index in [0.29, 0.717) is 37.3 Å². The van der Waals surface area contributed by atoms with Crippen LogP contribution in [0.5, 0.6) is 0 Å². The molecule has 1 aromatic heterocycles. The predicted octanol–water partition coefficient (Wildman–Crippen LogP) is 5.20. The summed E-state index contributed by atoms with van der Waals surface area (Å²) >= 11 is 6.03. The standard InChI is InChI=1S/C22H24ClF3N4O3/c1-3-33-21(32)29(2)17-6-4-16(5-7-17)28-20(31)14-8-10-30(11-9-14)19-18(23)12-15(13-27-19)22(24,25)26/h4-7,12-14H,3,8-11H2,1-2H3,(H,28,31). The summed E-state index contributed by atoms with van der Waals surface area (Å²) in [5, 5.41) is 2.79. The summed E-state index contributed by atoms with van der Waals surface area (Å²) in [5.74, 6) is -0.117. The zero-order valence-corrected chi connectivity index (χ0v) is 18.9. The highest BCUT2D eigenvalue weighted by Crippen LogP contribution is 2.34. The Hall–Kier alpha value is -3.01.